The van der Waals surface area contributed by atoms with E-state index in [9.17, 15) is 4.79 Å². The Balaban J connectivity index is 2.46. The standard InChI is InChI=1S/C12H19N3O/c1-9(2)11(6-13)12(16)15-8-10-4-3-5-14-7-10/h3-5,7,9,11H,6,8,13H2,1-2H3,(H,15,16). The van der Waals surface area contributed by atoms with Crippen molar-refractivity contribution in [2.75, 3.05) is 6.54 Å². The van der Waals surface area contributed by atoms with Crippen LogP contribution in [0.4, 0.5) is 0 Å². The molecule has 88 valence electrons. The average molecular weight is 221 g/mol. The normalized spacial score (nSPS) is 12.5. The lowest BCUT2D eigenvalue weighted by atomic mass is 9.95. The second kappa shape index (κ2) is 6.23. The van der Waals surface area contributed by atoms with Crippen LogP contribution in [-0.4, -0.2) is 17.4 Å². The first-order valence-electron chi connectivity index (χ1n) is 5.51. The van der Waals surface area contributed by atoms with Crippen molar-refractivity contribution < 1.29 is 4.79 Å². The fourth-order valence-corrected chi connectivity index (χ4v) is 1.50. The van der Waals surface area contributed by atoms with Gasteiger partial charge in [0.05, 0.1) is 5.92 Å². The van der Waals surface area contributed by atoms with Gasteiger partial charge in [0.15, 0.2) is 0 Å². The molecule has 0 radical (unpaired) electrons. The van der Waals surface area contributed by atoms with E-state index in [1.165, 1.54) is 0 Å². The third-order valence-electron chi connectivity index (χ3n) is 2.58. The minimum atomic E-state index is -0.114. The highest BCUT2D eigenvalue weighted by Gasteiger charge is 2.19. The Labute approximate surface area is 96.3 Å². The fraction of sp³-hybridized carbons (Fsp3) is 0.500. The van der Waals surface area contributed by atoms with Crippen molar-refractivity contribution in [3.8, 4) is 0 Å². The Morgan fingerprint density at radius 1 is 1.56 bits per heavy atom. The van der Waals surface area contributed by atoms with E-state index in [1.54, 1.807) is 12.4 Å². The van der Waals surface area contributed by atoms with Crippen LogP contribution in [0.5, 0.6) is 0 Å². The number of nitrogens with one attached hydrogen (secondary N) is 1. The van der Waals surface area contributed by atoms with E-state index in [0.29, 0.717) is 13.1 Å². The number of hydrogen-bond donors (Lipinski definition) is 2. The van der Waals surface area contributed by atoms with Crippen LogP contribution in [0.3, 0.4) is 0 Å². The van der Waals surface area contributed by atoms with Crippen molar-refractivity contribution >= 4 is 5.91 Å². The van der Waals surface area contributed by atoms with E-state index < -0.39 is 0 Å². The summed E-state index contributed by atoms with van der Waals surface area (Å²) >= 11 is 0. The molecule has 1 atom stereocenters. The van der Waals surface area contributed by atoms with Gasteiger partial charge in [-0.1, -0.05) is 19.9 Å². The molecule has 1 rings (SSSR count). The number of aromatic nitrogens is 1. The number of amides is 1. The van der Waals surface area contributed by atoms with Gasteiger partial charge in [0.1, 0.15) is 0 Å². The van der Waals surface area contributed by atoms with E-state index >= 15 is 0 Å². The Kier molecular flexibility index (Phi) is 4.92. The third kappa shape index (κ3) is 3.62. The molecule has 1 amide bonds. The Bertz CT molecular complexity index is 324. The van der Waals surface area contributed by atoms with E-state index in [4.69, 9.17) is 5.73 Å². The van der Waals surface area contributed by atoms with Crippen LogP contribution in [-0.2, 0) is 11.3 Å². The van der Waals surface area contributed by atoms with E-state index in [1.807, 2.05) is 26.0 Å². The molecule has 16 heavy (non-hydrogen) atoms. The molecule has 0 aliphatic rings. The Morgan fingerprint density at radius 2 is 2.31 bits per heavy atom. The van der Waals surface area contributed by atoms with Gasteiger partial charge in [-0.2, -0.15) is 0 Å². The molecule has 0 fully saturated rings. The lowest BCUT2D eigenvalue weighted by Gasteiger charge is -2.18. The molecule has 3 N–H and O–H groups in total. The molecule has 1 unspecified atom stereocenters. The molecule has 0 aliphatic heterocycles. The molecule has 0 saturated heterocycles. The molecule has 1 heterocycles. The zero-order valence-corrected chi connectivity index (χ0v) is 9.81. The van der Waals surface area contributed by atoms with Crippen molar-refractivity contribution in [3.05, 3.63) is 30.1 Å². The second-order valence-electron chi connectivity index (χ2n) is 4.17. The van der Waals surface area contributed by atoms with Crippen LogP contribution in [0.25, 0.3) is 0 Å². The molecule has 0 saturated carbocycles. The van der Waals surface area contributed by atoms with Gasteiger partial charge in [-0.15, -0.1) is 0 Å². The molecule has 1 aromatic heterocycles. The Hall–Kier alpha value is -1.42. The summed E-state index contributed by atoms with van der Waals surface area (Å²) in [4.78, 5) is 15.8. The Morgan fingerprint density at radius 3 is 2.81 bits per heavy atom. The number of carbonyl (C=O) groups is 1. The number of carbonyl (C=O) groups excluding carboxylic acids is 1. The molecule has 0 aliphatic carbocycles. The first-order valence-corrected chi connectivity index (χ1v) is 5.51. The van der Waals surface area contributed by atoms with Gasteiger partial charge in [0, 0.05) is 25.5 Å². The summed E-state index contributed by atoms with van der Waals surface area (Å²) in [5.74, 6) is 0.164. The van der Waals surface area contributed by atoms with E-state index in [2.05, 4.69) is 10.3 Å². The molecule has 4 heteroatoms. The molecule has 0 spiro atoms. The van der Waals surface area contributed by atoms with E-state index in [0.717, 1.165) is 5.56 Å². The van der Waals surface area contributed by atoms with Crippen LogP contribution < -0.4 is 11.1 Å². The summed E-state index contributed by atoms with van der Waals surface area (Å²) < 4.78 is 0. The van der Waals surface area contributed by atoms with Crippen LogP contribution in [0.1, 0.15) is 19.4 Å². The largest absolute Gasteiger partial charge is 0.352 e. The molecular formula is C12H19N3O. The minimum Gasteiger partial charge on any atom is -0.352 e. The average Bonchev–Trinajstić information content (AvgIpc) is 2.28. The summed E-state index contributed by atoms with van der Waals surface area (Å²) in [6.07, 6.45) is 3.45. The van der Waals surface area contributed by atoms with Gasteiger partial charge < -0.3 is 11.1 Å². The minimum absolute atomic E-state index is 0.0151. The number of hydrogen-bond acceptors (Lipinski definition) is 3. The zero-order chi connectivity index (χ0) is 12.0. The smallest absolute Gasteiger partial charge is 0.224 e. The quantitative estimate of drug-likeness (QED) is 0.777. The van der Waals surface area contributed by atoms with Crippen molar-refractivity contribution in [1.29, 1.82) is 0 Å². The summed E-state index contributed by atoms with van der Waals surface area (Å²) in [7, 11) is 0. The summed E-state index contributed by atoms with van der Waals surface area (Å²) in [5.41, 5.74) is 6.57. The first kappa shape index (κ1) is 12.6. The van der Waals surface area contributed by atoms with Crippen LogP contribution in [0, 0.1) is 11.8 Å². The maximum Gasteiger partial charge on any atom is 0.224 e. The number of nitrogens with two attached hydrogens (primary N) is 1. The van der Waals surface area contributed by atoms with Gasteiger partial charge in [-0.25, -0.2) is 0 Å². The van der Waals surface area contributed by atoms with Gasteiger partial charge in [0.2, 0.25) is 5.91 Å². The maximum atomic E-state index is 11.8. The fourth-order valence-electron chi connectivity index (χ4n) is 1.50. The highest BCUT2D eigenvalue weighted by Crippen LogP contribution is 2.09. The van der Waals surface area contributed by atoms with Crippen molar-refractivity contribution in [3.63, 3.8) is 0 Å². The van der Waals surface area contributed by atoms with Crippen LogP contribution >= 0.6 is 0 Å². The summed E-state index contributed by atoms with van der Waals surface area (Å²) in [6.45, 7) is 4.90. The topological polar surface area (TPSA) is 68.0 Å². The predicted octanol–water partition coefficient (Wildman–Crippen LogP) is 0.929. The zero-order valence-electron chi connectivity index (χ0n) is 9.81. The summed E-state index contributed by atoms with van der Waals surface area (Å²) in [6, 6.07) is 3.78. The molecule has 0 aromatic carbocycles. The number of pyridine rings is 1. The van der Waals surface area contributed by atoms with Crippen molar-refractivity contribution in [2.45, 2.75) is 20.4 Å². The van der Waals surface area contributed by atoms with Crippen LogP contribution in [0.2, 0.25) is 0 Å². The summed E-state index contributed by atoms with van der Waals surface area (Å²) in [5, 5.41) is 2.87. The monoisotopic (exact) mass is 221 g/mol. The molecule has 0 bridgehead atoms. The third-order valence-corrected chi connectivity index (χ3v) is 2.58. The van der Waals surface area contributed by atoms with Crippen molar-refractivity contribution in [2.24, 2.45) is 17.6 Å². The lowest BCUT2D eigenvalue weighted by molar-refractivity contribution is -0.126. The molecule has 4 nitrogen and oxygen atoms in total. The number of rotatable bonds is 5. The van der Waals surface area contributed by atoms with Gasteiger partial charge in [0.25, 0.3) is 0 Å². The highest BCUT2D eigenvalue weighted by molar-refractivity contribution is 5.79. The lowest BCUT2D eigenvalue weighted by Crippen LogP contribution is -2.37. The van der Waals surface area contributed by atoms with Crippen molar-refractivity contribution in [1.82, 2.24) is 10.3 Å². The number of nitrogens with zero attached hydrogens (tertiary/aromatic N) is 1. The molecule has 1 aromatic rings. The van der Waals surface area contributed by atoms with Gasteiger partial charge in [-0.3, -0.25) is 9.78 Å². The first-order chi connectivity index (χ1) is 7.65. The van der Waals surface area contributed by atoms with E-state index in [-0.39, 0.29) is 17.7 Å². The van der Waals surface area contributed by atoms with Gasteiger partial charge in [-0.05, 0) is 17.5 Å². The molecular weight excluding hydrogens is 202 g/mol. The van der Waals surface area contributed by atoms with Crippen LogP contribution in [0.15, 0.2) is 24.5 Å². The van der Waals surface area contributed by atoms with Gasteiger partial charge >= 0.3 is 0 Å². The second-order valence-corrected chi connectivity index (χ2v) is 4.17. The highest BCUT2D eigenvalue weighted by atomic mass is 16.1. The SMILES string of the molecule is CC(C)C(CN)C(=O)NCc1cccnc1. The predicted molar refractivity (Wildman–Crippen MR) is 63.5 cm³/mol. The maximum absolute atomic E-state index is 11.8.